The van der Waals surface area contributed by atoms with E-state index in [9.17, 15) is 5.11 Å². The number of hydrogen-bond acceptors (Lipinski definition) is 3. The maximum Gasteiger partial charge on any atom is 0.171 e. The Morgan fingerprint density at radius 3 is 3.14 bits per heavy atom. The first-order chi connectivity index (χ1) is 6.65. The number of nitrogens with zero attached hydrogens (tertiary/aromatic N) is 1. The molecule has 2 N–H and O–H groups in total. The molecule has 1 aliphatic heterocycles. The lowest BCUT2D eigenvalue weighted by molar-refractivity contribution is 0.0163. The van der Waals surface area contributed by atoms with Crippen LogP contribution in [0.2, 0.25) is 0 Å². The largest absolute Gasteiger partial charge is 0.500 e. The van der Waals surface area contributed by atoms with Crippen molar-refractivity contribution in [2.75, 3.05) is 13.2 Å². The summed E-state index contributed by atoms with van der Waals surface area (Å²) >= 11 is 5.10. The highest BCUT2D eigenvalue weighted by Gasteiger charge is 2.26. The van der Waals surface area contributed by atoms with Crippen LogP contribution in [-0.4, -0.2) is 40.5 Å². The Bertz CT molecular complexity index is 223. The Morgan fingerprint density at radius 1 is 1.86 bits per heavy atom. The molecule has 1 aliphatic rings. The van der Waals surface area contributed by atoms with Crippen LogP contribution in [-0.2, 0) is 4.74 Å². The van der Waals surface area contributed by atoms with E-state index in [2.05, 4.69) is 11.9 Å². The molecule has 4 nitrogen and oxygen atoms in total. The molecule has 0 aromatic rings. The van der Waals surface area contributed by atoms with Crippen molar-refractivity contribution in [2.24, 2.45) is 0 Å². The van der Waals surface area contributed by atoms with Crippen molar-refractivity contribution in [3.63, 3.8) is 0 Å². The normalized spacial score (nSPS) is 27.0. The van der Waals surface area contributed by atoms with Gasteiger partial charge in [0, 0.05) is 12.5 Å². The van der Waals surface area contributed by atoms with E-state index in [1.54, 1.807) is 4.90 Å². The smallest absolute Gasteiger partial charge is 0.171 e. The lowest BCUT2D eigenvalue weighted by atomic mass is 10.1. The minimum absolute atomic E-state index is 0.231. The fourth-order valence-electron chi connectivity index (χ4n) is 1.42. The fraction of sp³-hybridized carbons (Fsp3) is 0.667. The van der Waals surface area contributed by atoms with Crippen LogP contribution in [0.4, 0.5) is 0 Å². The number of ether oxygens (including phenoxy) is 1. The maximum absolute atomic E-state index is 9.73. The first-order valence-corrected chi connectivity index (χ1v) is 5.03. The Morgan fingerprint density at radius 2 is 2.57 bits per heavy atom. The summed E-state index contributed by atoms with van der Waals surface area (Å²) < 4.78 is 4.98. The molecule has 5 heteroatoms. The minimum Gasteiger partial charge on any atom is -0.500 e. The summed E-state index contributed by atoms with van der Waals surface area (Å²) in [5.41, 5.74) is 0. The number of aliphatic hydroxyl groups excluding tert-OH is 1. The molecule has 2 atom stereocenters. The van der Waals surface area contributed by atoms with Gasteiger partial charge in [0.2, 0.25) is 0 Å². The van der Waals surface area contributed by atoms with E-state index in [1.807, 2.05) is 6.92 Å². The Hall–Kier alpha value is -0.810. The van der Waals surface area contributed by atoms with Crippen LogP contribution < -0.4 is 5.32 Å². The van der Waals surface area contributed by atoms with Gasteiger partial charge in [-0.3, -0.25) is 0 Å². The molecule has 2 unspecified atom stereocenters. The van der Waals surface area contributed by atoms with Crippen molar-refractivity contribution < 1.29 is 9.84 Å². The molecule has 80 valence electrons. The van der Waals surface area contributed by atoms with E-state index in [0.717, 1.165) is 0 Å². The molecule has 1 fully saturated rings. The third-order valence-corrected chi connectivity index (χ3v) is 2.48. The third kappa shape index (κ3) is 2.85. The number of thiocarbonyl (C=S) groups is 1. The van der Waals surface area contributed by atoms with Crippen molar-refractivity contribution in [2.45, 2.75) is 25.6 Å². The highest BCUT2D eigenvalue weighted by molar-refractivity contribution is 7.80. The van der Waals surface area contributed by atoms with Crippen LogP contribution in [0.3, 0.4) is 0 Å². The zero-order valence-electron chi connectivity index (χ0n) is 8.27. The molecule has 1 saturated heterocycles. The van der Waals surface area contributed by atoms with Gasteiger partial charge in [0.1, 0.15) is 12.8 Å². The van der Waals surface area contributed by atoms with Crippen LogP contribution in [0.25, 0.3) is 0 Å². The second kappa shape index (κ2) is 5.17. The van der Waals surface area contributed by atoms with Gasteiger partial charge in [-0.05, 0) is 19.1 Å². The van der Waals surface area contributed by atoms with Crippen molar-refractivity contribution in [3.05, 3.63) is 12.8 Å². The number of aliphatic hydroxyl groups is 1. The number of hydrogen-bond donors (Lipinski definition) is 2. The van der Waals surface area contributed by atoms with Crippen molar-refractivity contribution in [3.8, 4) is 0 Å². The van der Waals surface area contributed by atoms with Crippen LogP contribution >= 0.6 is 12.2 Å². The predicted octanol–water partition coefficient (Wildman–Crippen LogP) is 0.434. The van der Waals surface area contributed by atoms with Crippen molar-refractivity contribution in [1.82, 2.24) is 10.2 Å². The summed E-state index contributed by atoms with van der Waals surface area (Å²) in [4.78, 5) is 1.72. The van der Waals surface area contributed by atoms with E-state index in [0.29, 0.717) is 24.7 Å². The summed E-state index contributed by atoms with van der Waals surface area (Å²) in [7, 11) is 0. The van der Waals surface area contributed by atoms with Gasteiger partial charge >= 0.3 is 0 Å². The van der Waals surface area contributed by atoms with Gasteiger partial charge in [-0.15, -0.1) is 0 Å². The second-order valence-corrected chi connectivity index (χ2v) is 3.68. The third-order valence-electron chi connectivity index (χ3n) is 2.12. The quantitative estimate of drug-likeness (QED) is 0.405. The molecule has 1 heterocycles. The standard InChI is InChI=1S/C9H16N2O2S/c1-3-13-5-4-11-8(12)6-7(2)10-9(11)14/h3,7-8,12H,1,4-6H2,2H3,(H,10,14). The van der Waals surface area contributed by atoms with Gasteiger partial charge in [-0.1, -0.05) is 6.58 Å². The highest BCUT2D eigenvalue weighted by atomic mass is 32.1. The van der Waals surface area contributed by atoms with Crippen LogP contribution in [0.1, 0.15) is 13.3 Å². The molecular weight excluding hydrogens is 200 g/mol. The van der Waals surface area contributed by atoms with E-state index >= 15 is 0 Å². The van der Waals surface area contributed by atoms with Gasteiger partial charge < -0.3 is 20.1 Å². The second-order valence-electron chi connectivity index (χ2n) is 3.30. The lowest BCUT2D eigenvalue weighted by Crippen LogP contribution is -2.56. The summed E-state index contributed by atoms with van der Waals surface area (Å²) in [5.74, 6) is 0. The Kier molecular flexibility index (Phi) is 4.16. The molecular formula is C9H16N2O2S. The summed E-state index contributed by atoms with van der Waals surface area (Å²) in [5, 5.41) is 13.4. The first kappa shape index (κ1) is 11.3. The van der Waals surface area contributed by atoms with Crippen LogP contribution in [0, 0.1) is 0 Å². The zero-order valence-corrected chi connectivity index (χ0v) is 9.09. The summed E-state index contributed by atoms with van der Waals surface area (Å²) in [6.07, 6.45) is 1.55. The summed E-state index contributed by atoms with van der Waals surface area (Å²) in [6, 6.07) is 0.231. The maximum atomic E-state index is 9.73. The van der Waals surface area contributed by atoms with E-state index in [-0.39, 0.29) is 6.04 Å². The molecule has 0 bridgehead atoms. The predicted molar refractivity (Wildman–Crippen MR) is 58.7 cm³/mol. The summed E-state index contributed by atoms with van der Waals surface area (Å²) in [6.45, 7) is 6.49. The molecule has 1 rings (SSSR count). The SMILES string of the molecule is C=COCCN1C(=S)NC(C)CC1O. The van der Waals surface area contributed by atoms with Gasteiger partial charge in [0.05, 0.1) is 12.8 Å². The molecule has 0 aromatic carbocycles. The monoisotopic (exact) mass is 216 g/mol. The van der Waals surface area contributed by atoms with Gasteiger partial charge in [-0.2, -0.15) is 0 Å². The Labute approximate surface area is 89.5 Å². The number of nitrogens with one attached hydrogen (secondary N) is 1. The molecule has 0 saturated carbocycles. The molecule has 14 heavy (non-hydrogen) atoms. The Balaban J connectivity index is 2.41. The number of rotatable bonds is 4. The lowest BCUT2D eigenvalue weighted by Gasteiger charge is -2.37. The molecule has 0 radical (unpaired) electrons. The van der Waals surface area contributed by atoms with Gasteiger partial charge in [0.25, 0.3) is 0 Å². The van der Waals surface area contributed by atoms with Gasteiger partial charge in [0.15, 0.2) is 5.11 Å². The fourth-order valence-corrected chi connectivity index (χ4v) is 1.83. The topological polar surface area (TPSA) is 44.7 Å². The highest BCUT2D eigenvalue weighted by Crippen LogP contribution is 2.11. The van der Waals surface area contributed by atoms with Crippen LogP contribution in [0.15, 0.2) is 12.8 Å². The molecule has 0 amide bonds. The van der Waals surface area contributed by atoms with Crippen LogP contribution in [0.5, 0.6) is 0 Å². The molecule has 0 spiro atoms. The van der Waals surface area contributed by atoms with Crippen molar-refractivity contribution in [1.29, 1.82) is 0 Å². The first-order valence-electron chi connectivity index (χ1n) is 4.63. The zero-order chi connectivity index (χ0) is 10.6. The molecule has 0 aromatic heterocycles. The molecule has 0 aliphatic carbocycles. The average Bonchev–Trinajstić information content (AvgIpc) is 2.09. The minimum atomic E-state index is -0.507. The van der Waals surface area contributed by atoms with Crippen molar-refractivity contribution >= 4 is 17.3 Å². The van der Waals surface area contributed by atoms with E-state index in [1.165, 1.54) is 6.26 Å². The van der Waals surface area contributed by atoms with E-state index < -0.39 is 6.23 Å². The van der Waals surface area contributed by atoms with E-state index in [4.69, 9.17) is 17.0 Å². The average molecular weight is 216 g/mol. The van der Waals surface area contributed by atoms with Gasteiger partial charge in [-0.25, -0.2) is 0 Å².